The monoisotopic (exact) mass is 471 g/mol. The van der Waals surface area contributed by atoms with Crippen LogP contribution in [0.25, 0.3) is 33.5 Å². The molecule has 0 spiro atoms. The smallest absolute Gasteiger partial charge is 0.254 e. The van der Waals surface area contributed by atoms with E-state index in [-0.39, 0.29) is 5.91 Å². The van der Waals surface area contributed by atoms with Crippen molar-refractivity contribution >= 4 is 22.8 Å². The minimum Gasteiger partial charge on any atom is -0.353 e. The first-order valence-corrected chi connectivity index (χ1v) is 12.1. The predicted molar refractivity (Wildman–Crippen MR) is 143 cm³/mol. The first-order valence-electron chi connectivity index (χ1n) is 12.1. The Bertz CT molecular complexity index is 1500. The van der Waals surface area contributed by atoms with Gasteiger partial charge in [0.1, 0.15) is 5.82 Å². The van der Waals surface area contributed by atoms with Crippen LogP contribution in [-0.4, -0.2) is 51.9 Å². The van der Waals surface area contributed by atoms with Gasteiger partial charge in [0.2, 0.25) is 0 Å². The van der Waals surface area contributed by atoms with Crippen molar-refractivity contribution in [3.8, 4) is 22.5 Å². The second-order valence-electron chi connectivity index (χ2n) is 8.82. The highest BCUT2D eigenvalue weighted by Crippen LogP contribution is 2.31. The zero-order valence-electron chi connectivity index (χ0n) is 19.8. The van der Waals surface area contributed by atoms with E-state index < -0.39 is 0 Å². The van der Waals surface area contributed by atoms with Crippen molar-refractivity contribution in [2.24, 2.45) is 0 Å². The molecule has 3 heterocycles. The summed E-state index contributed by atoms with van der Waals surface area (Å²) < 4.78 is 0. The van der Waals surface area contributed by atoms with Crippen LogP contribution in [0.5, 0.6) is 0 Å². The molecular formula is C30H25N5O. The summed E-state index contributed by atoms with van der Waals surface area (Å²) in [5.74, 6) is 0.973. The van der Waals surface area contributed by atoms with Gasteiger partial charge in [0.05, 0.1) is 22.4 Å². The lowest BCUT2D eigenvalue weighted by Gasteiger charge is -2.35. The summed E-state index contributed by atoms with van der Waals surface area (Å²) in [6, 6.07) is 31.7. The van der Waals surface area contributed by atoms with Crippen LogP contribution in [0, 0.1) is 0 Å². The maximum absolute atomic E-state index is 13.4. The van der Waals surface area contributed by atoms with Gasteiger partial charge >= 0.3 is 0 Å². The van der Waals surface area contributed by atoms with Gasteiger partial charge in [0.15, 0.2) is 0 Å². The van der Waals surface area contributed by atoms with Crippen LogP contribution >= 0.6 is 0 Å². The van der Waals surface area contributed by atoms with Crippen molar-refractivity contribution in [1.29, 1.82) is 0 Å². The number of piperazine rings is 1. The van der Waals surface area contributed by atoms with E-state index in [1.54, 1.807) is 6.20 Å². The molecule has 3 aromatic carbocycles. The van der Waals surface area contributed by atoms with Crippen LogP contribution in [0.1, 0.15) is 10.4 Å². The number of benzene rings is 3. The zero-order valence-corrected chi connectivity index (χ0v) is 19.8. The standard InChI is InChI=1S/C30H25N5O/c36-30(35-19-17-34(18-20-35)27-13-7-8-16-31-27)24-14-15-25-26(21-24)33-29(23-11-5-2-6-12-23)28(32-25)22-9-3-1-4-10-22/h1-16,21H,17-20H2. The third-order valence-electron chi connectivity index (χ3n) is 6.55. The molecule has 0 unspecified atom stereocenters. The second-order valence-corrected chi connectivity index (χ2v) is 8.82. The number of anilines is 1. The largest absolute Gasteiger partial charge is 0.353 e. The highest BCUT2D eigenvalue weighted by Gasteiger charge is 2.23. The quantitative estimate of drug-likeness (QED) is 0.355. The van der Waals surface area contributed by atoms with Crippen molar-refractivity contribution < 1.29 is 4.79 Å². The molecule has 1 saturated heterocycles. The Kier molecular flexibility index (Phi) is 5.83. The van der Waals surface area contributed by atoms with E-state index in [4.69, 9.17) is 9.97 Å². The van der Waals surface area contributed by atoms with E-state index in [1.165, 1.54) is 0 Å². The van der Waals surface area contributed by atoms with Gasteiger partial charge in [-0.3, -0.25) is 4.79 Å². The summed E-state index contributed by atoms with van der Waals surface area (Å²) in [5.41, 5.74) is 5.76. The number of carbonyl (C=O) groups is 1. The Morgan fingerprint density at radius 2 is 1.25 bits per heavy atom. The third-order valence-corrected chi connectivity index (χ3v) is 6.55. The number of pyridine rings is 1. The molecule has 6 nitrogen and oxygen atoms in total. The lowest BCUT2D eigenvalue weighted by atomic mass is 10.0. The van der Waals surface area contributed by atoms with Crippen molar-refractivity contribution in [3.05, 3.63) is 109 Å². The Morgan fingerprint density at radius 3 is 1.86 bits per heavy atom. The van der Waals surface area contributed by atoms with E-state index in [2.05, 4.69) is 9.88 Å². The minimum absolute atomic E-state index is 0.0211. The molecule has 0 saturated carbocycles. The maximum atomic E-state index is 13.4. The fourth-order valence-electron chi connectivity index (χ4n) is 4.64. The van der Waals surface area contributed by atoms with Gasteiger partial charge in [0.25, 0.3) is 5.91 Å². The highest BCUT2D eigenvalue weighted by atomic mass is 16.2. The summed E-state index contributed by atoms with van der Waals surface area (Å²) in [6.07, 6.45) is 1.80. The molecular weight excluding hydrogens is 446 g/mol. The molecule has 0 atom stereocenters. The van der Waals surface area contributed by atoms with E-state index in [1.807, 2.05) is 102 Å². The lowest BCUT2D eigenvalue weighted by Crippen LogP contribution is -2.49. The molecule has 0 radical (unpaired) electrons. The SMILES string of the molecule is O=C(c1ccc2nc(-c3ccccc3)c(-c3ccccc3)nc2c1)N1CCN(c2ccccn2)CC1. The van der Waals surface area contributed by atoms with Crippen molar-refractivity contribution in [1.82, 2.24) is 19.9 Å². The molecule has 6 rings (SSSR count). The topological polar surface area (TPSA) is 62.2 Å². The summed E-state index contributed by atoms with van der Waals surface area (Å²) >= 11 is 0. The molecule has 2 aromatic heterocycles. The number of nitrogens with zero attached hydrogens (tertiary/aromatic N) is 5. The molecule has 1 amide bonds. The van der Waals surface area contributed by atoms with E-state index >= 15 is 0 Å². The molecule has 0 aliphatic carbocycles. The second kappa shape index (κ2) is 9.58. The fraction of sp³-hybridized carbons (Fsp3) is 0.133. The summed E-state index contributed by atoms with van der Waals surface area (Å²) in [4.78, 5) is 31.9. The summed E-state index contributed by atoms with van der Waals surface area (Å²) in [7, 11) is 0. The molecule has 0 bridgehead atoms. The fourth-order valence-corrected chi connectivity index (χ4v) is 4.64. The van der Waals surface area contributed by atoms with Gasteiger partial charge in [-0.1, -0.05) is 66.7 Å². The maximum Gasteiger partial charge on any atom is 0.254 e. The molecule has 0 N–H and O–H groups in total. The summed E-state index contributed by atoms with van der Waals surface area (Å²) in [6.45, 7) is 2.83. The molecule has 1 aliphatic heterocycles. The Balaban J connectivity index is 1.31. The van der Waals surface area contributed by atoms with Crippen molar-refractivity contribution in [3.63, 3.8) is 0 Å². The third kappa shape index (κ3) is 4.29. The highest BCUT2D eigenvalue weighted by molar-refractivity contribution is 5.98. The first kappa shape index (κ1) is 21.9. The van der Waals surface area contributed by atoms with Gasteiger partial charge in [-0.15, -0.1) is 0 Å². The van der Waals surface area contributed by atoms with E-state index in [0.717, 1.165) is 46.9 Å². The van der Waals surface area contributed by atoms with Crippen molar-refractivity contribution in [2.45, 2.75) is 0 Å². The van der Waals surface area contributed by atoms with Crippen LogP contribution in [-0.2, 0) is 0 Å². The number of fused-ring (bicyclic) bond motifs is 1. The van der Waals surface area contributed by atoms with Gasteiger partial charge < -0.3 is 9.80 Å². The molecule has 1 aliphatic rings. The summed E-state index contributed by atoms with van der Waals surface area (Å²) in [5, 5.41) is 0. The molecule has 176 valence electrons. The molecule has 5 aromatic rings. The van der Waals surface area contributed by atoms with Crippen molar-refractivity contribution in [2.75, 3.05) is 31.1 Å². The molecule has 1 fully saturated rings. The van der Waals surface area contributed by atoms with E-state index in [0.29, 0.717) is 24.2 Å². The van der Waals surface area contributed by atoms with Crippen LogP contribution in [0.15, 0.2) is 103 Å². The number of carbonyl (C=O) groups excluding carboxylic acids is 1. The van der Waals surface area contributed by atoms with Gasteiger partial charge in [-0.25, -0.2) is 15.0 Å². The average molecular weight is 472 g/mol. The number of rotatable bonds is 4. The number of amides is 1. The Hall–Kier alpha value is -4.58. The van der Waals surface area contributed by atoms with Crippen LogP contribution < -0.4 is 4.90 Å². The molecule has 6 heteroatoms. The number of hydrogen-bond donors (Lipinski definition) is 0. The van der Waals surface area contributed by atoms with Crippen LogP contribution in [0.4, 0.5) is 5.82 Å². The van der Waals surface area contributed by atoms with Gasteiger partial charge in [-0.05, 0) is 30.3 Å². The number of hydrogen-bond acceptors (Lipinski definition) is 5. The lowest BCUT2D eigenvalue weighted by molar-refractivity contribution is 0.0746. The first-order chi connectivity index (χ1) is 17.8. The Morgan fingerprint density at radius 1 is 0.639 bits per heavy atom. The predicted octanol–water partition coefficient (Wildman–Crippen LogP) is 5.32. The van der Waals surface area contributed by atoms with Crippen LogP contribution in [0.2, 0.25) is 0 Å². The van der Waals surface area contributed by atoms with Crippen LogP contribution in [0.3, 0.4) is 0 Å². The van der Waals surface area contributed by atoms with E-state index in [9.17, 15) is 4.79 Å². The zero-order chi connectivity index (χ0) is 24.3. The van der Waals surface area contributed by atoms with Gasteiger partial charge in [0, 0.05) is 49.1 Å². The minimum atomic E-state index is 0.0211. The number of aromatic nitrogens is 3. The van der Waals surface area contributed by atoms with Gasteiger partial charge in [-0.2, -0.15) is 0 Å². The molecule has 36 heavy (non-hydrogen) atoms. The average Bonchev–Trinajstić information content (AvgIpc) is 2.97. The Labute approximate surface area is 209 Å². The normalized spacial score (nSPS) is 13.7.